The second-order valence-electron chi connectivity index (χ2n) is 6.21. The molecule has 3 rings (SSSR count). The molecule has 0 spiro atoms. The fourth-order valence-corrected chi connectivity index (χ4v) is 3.13. The number of benzene rings is 1. The second-order valence-corrected chi connectivity index (χ2v) is 6.21. The first-order chi connectivity index (χ1) is 12.2. The number of ether oxygens (including phenoxy) is 1. The first-order valence-electron chi connectivity index (χ1n) is 8.81. The Morgan fingerprint density at radius 3 is 2.96 bits per heavy atom. The number of nitrogens with zero attached hydrogens (tertiary/aromatic N) is 3. The number of aromatic nitrogens is 3. The Hall–Kier alpha value is -2.41. The van der Waals surface area contributed by atoms with Crippen molar-refractivity contribution in [2.24, 2.45) is 0 Å². The van der Waals surface area contributed by atoms with Gasteiger partial charge < -0.3 is 15.4 Å². The third kappa shape index (κ3) is 4.17. The number of nitrogens with one attached hydrogen (secondary N) is 2. The van der Waals surface area contributed by atoms with Gasteiger partial charge in [0.2, 0.25) is 0 Å². The average molecular weight is 343 g/mol. The molecule has 0 aliphatic carbocycles. The van der Waals surface area contributed by atoms with E-state index in [4.69, 9.17) is 4.74 Å². The smallest absolute Gasteiger partial charge is 0.274 e. The highest BCUT2D eigenvalue weighted by Gasteiger charge is 2.22. The molecule has 2 N–H and O–H groups in total. The highest BCUT2D eigenvalue weighted by molar-refractivity contribution is 5.93. The summed E-state index contributed by atoms with van der Waals surface area (Å²) in [5.41, 5.74) is 2.22. The Labute approximate surface area is 147 Å². The first kappa shape index (κ1) is 17.4. The number of hydrogen-bond donors (Lipinski definition) is 2. The summed E-state index contributed by atoms with van der Waals surface area (Å²) >= 11 is 0. The van der Waals surface area contributed by atoms with E-state index in [2.05, 4.69) is 20.9 Å². The van der Waals surface area contributed by atoms with Crippen LogP contribution >= 0.6 is 0 Å². The van der Waals surface area contributed by atoms with Crippen LogP contribution in [-0.4, -0.2) is 40.6 Å². The summed E-state index contributed by atoms with van der Waals surface area (Å²) in [6, 6.07) is 8.04. The molecule has 0 saturated carbocycles. The van der Waals surface area contributed by atoms with Crippen molar-refractivity contribution in [2.75, 3.05) is 19.7 Å². The zero-order valence-corrected chi connectivity index (χ0v) is 14.8. The van der Waals surface area contributed by atoms with Gasteiger partial charge in [0.1, 0.15) is 5.75 Å². The topological polar surface area (TPSA) is 81.1 Å². The Morgan fingerprint density at radius 1 is 1.40 bits per heavy atom. The van der Waals surface area contributed by atoms with Crippen LogP contribution in [0, 0.1) is 6.92 Å². The van der Waals surface area contributed by atoms with E-state index in [1.807, 2.05) is 42.8 Å². The van der Waals surface area contributed by atoms with E-state index < -0.39 is 0 Å². The molecule has 1 saturated heterocycles. The van der Waals surface area contributed by atoms with Gasteiger partial charge in [0.25, 0.3) is 5.91 Å². The number of carbonyl (C=O) groups is 1. The lowest BCUT2D eigenvalue weighted by Crippen LogP contribution is -2.30. The molecule has 0 unspecified atom stereocenters. The molecular formula is C18H25N5O2. The van der Waals surface area contributed by atoms with Crippen LogP contribution in [0.2, 0.25) is 0 Å². The third-order valence-corrected chi connectivity index (χ3v) is 4.46. The van der Waals surface area contributed by atoms with Crippen LogP contribution in [0.1, 0.15) is 47.6 Å². The molecule has 0 radical (unpaired) electrons. The van der Waals surface area contributed by atoms with E-state index in [1.165, 1.54) is 0 Å². The van der Waals surface area contributed by atoms with Crippen LogP contribution in [0.25, 0.3) is 0 Å². The minimum Gasteiger partial charge on any atom is -0.494 e. The standard InChI is InChI=1S/C18H25N5O2/c1-3-25-16-6-4-5-14(11-16)12-20-18(24)17-13(2)23(22-21-17)15-7-9-19-10-8-15/h4-6,11,15,19H,3,7-10,12H2,1-2H3,(H,20,24). The highest BCUT2D eigenvalue weighted by atomic mass is 16.5. The van der Waals surface area contributed by atoms with Crippen molar-refractivity contribution in [3.8, 4) is 5.75 Å². The monoisotopic (exact) mass is 343 g/mol. The van der Waals surface area contributed by atoms with E-state index in [-0.39, 0.29) is 5.91 Å². The van der Waals surface area contributed by atoms with E-state index in [0.717, 1.165) is 42.9 Å². The predicted octanol–water partition coefficient (Wildman–Crippen LogP) is 1.84. The average Bonchev–Trinajstić information content (AvgIpc) is 3.03. The Morgan fingerprint density at radius 2 is 2.20 bits per heavy atom. The molecule has 1 aliphatic heterocycles. The van der Waals surface area contributed by atoms with Crippen molar-refractivity contribution in [3.05, 3.63) is 41.2 Å². The van der Waals surface area contributed by atoms with Crippen LogP contribution in [0.3, 0.4) is 0 Å². The largest absolute Gasteiger partial charge is 0.494 e. The van der Waals surface area contributed by atoms with Gasteiger partial charge in [-0.3, -0.25) is 4.79 Å². The Bertz CT molecular complexity index is 722. The maximum Gasteiger partial charge on any atom is 0.274 e. The van der Waals surface area contributed by atoms with E-state index >= 15 is 0 Å². The van der Waals surface area contributed by atoms with Gasteiger partial charge in [0.15, 0.2) is 5.69 Å². The van der Waals surface area contributed by atoms with Crippen molar-refractivity contribution in [1.29, 1.82) is 0 Å². The molecule has 7 heteroatoms. The van der Waals surface area contributed by atoms with Gasteiger partial charge in [-0.1, -0.05) is 17.3 Å². The minimum absolute atomic E-state index is 0.195. The SMILES string of the molecule is CCOc1cccc(CNC(=O)c2nnn(C3CCNCC3)c2C)c1. The van der Waals surface area contributed by atoms with Gasteiger partial charge in [-0.05, 0) is 57.5 Å². The van der Waals surface area contributed by atoms with Crippen molar-refractivity contribution in [2.45, 2.75) is 39.3 Å². The maximum absolute atomic E-state index is 12.5. The zero-order valence-electron chi connectivity index (χ0n) is 14.8. The zero-order chi connectivity index (χ0) is 17.6. The molecule has 25 heavy (non-hydrogen) atoms. The lowest BCUT2D eigenvalue weighted by atomic mass is 10.1. The van der Waals surface area contributed by atoms with Gasteiger partial charge in [0, 0.05) is 6.54 Å². The van der Waals surface area contributed by atoms with Crippen LogP contribution in [-0.2, 0) is 6.54 Å². The van der Waals surface area contributed by atoms with Crippen molar-refractivity contribution < 1.29 is 9.53 Å². The minimum atomic E-state index is -0.195. The summed E-state index contributed by atoms with van der Waals surface area (Å²) in [6.07, 6.45) is 2.02. The number of carbonyl (C=O) groups excluding carboxylic acids is 1. The van der Waals surface area contributed by atoms with E-state index in [9.17, 15) is 4.79 Å². The Kier molecular flexibility index (Phi) is 5.65. The van der Waals surface area contributed by atoms with Crippen LogP contribution in [0.4, 0.5) is 0 Å². The van der Waals surface area contributed by atoms with Gasteiger partial charge >= 0.3 is 0 Å². The van der Waals surface area contributed by atoms with Crippen molar-refractivity contribution in [1.82, 2.24) is 25.6 Å². The number of rotatable bonds is 6. The summed E-state index contributed by atoms with van der Waals surface area (Å²) < 4.78 is 7.38. The molecule has 1 aromatic heterocycles. The quantitative estimate of drug-likeness (QED) is 0.836. The maximum atomic E-state index is 12.5. The van der Waals surface area contributed by atoms with Crippen LogP contribution < -0.4 is 15.4 Å². The Balaban J connectivity index is 1.63. The van der Waals surface area contributed by atoms with Gasteiger partial charge in [-0.15, -0.1) is 5.10 Å². The van der Waals surface area contributed by atoms with Gasteiger partial charge in [0.05, 0.1) is 18.3 Å². The molecule has 1 aliphatic rings. The normalized spacial score (nSPS) is 15.1. The molecule has 1 fully saturated rings. The van der Waals surface area contributed by atoms with Gasteiger partial charge in [-0.25, -0.2) is 4.68 Å². The van der Waals surface area contributed by atoms with E-state index in [0.29, 0.717) is 24.9 Å². The first-order valence-corrected chi connectivity index (χ1v) is 8.81. The highest BCUT2D eigenvalue weighted by Crippen LogP contribution is 2.20. The molecule has 2 aromatic rings. The molecule has 2 heterocycles. The third-order valence-electron chi connectivity index (χ3n) is 4.46. The van der Waals surface area contributed by atoms with E-state index in [1.54, 1.807) is 0 Å². The van der Waals surface area contributed by atoms with Crippen LogP contribution in [0.5, 0.6) is 5.75 Å². The number of piperidine rings is 1. The number of hydrogen-bond acceptors (Lipinski definition) is 5. The van der Waals surface area contributed by atoms with Crippen LogP contribution in [0.15, 0.2) is 24.3 Å². The second kappa shape index (κ2) is 8.11. The fourth-order valence-electron chi connectivity index (χ4n) is 3.13. The molecule has 7 nitrogen and oxygen atoms in total. The number of amides is 1. The van der Waals surface area contributed by atoms with Gasteiger partial charge in [-0.2, -0.15) is 0 Å². The fraction of sp³-hybridized carbons (Fsp3) is 0.500. The summed E-state index contributed by atoms with van der Waals surface area (Å²) in [5, 5.41) is 14.6. The summed E-state index contributed by atoms with van der Waals surface area (Å²) in [7, 11) is 0. The van der Waals surface area contributed by atoms with Crippen molar-refractivity contribution >= 4 is 5.91 Å². The lowest BCUT2D eigenvalue weighted by Gasteiger charge is -2.23. The summed E-state index contributed by atoms with van der Waals surface area (Å²) in [6.45, 7) is 6.85. The molecule has 1 amide bonds. The molecule has 0 atom stereocenters. The van der Waals surface area contributed by atoms with Crippen molar-refractivity contribution in [3.63, 3.8) is 0 Å². The summed E-state index contributed by atoms with van der Waals surface area (Å²) in [4.78, 5) is 12.5. The molecule has 1 aromatic carbocycles. The molecule has 0 bridgehead atoms. The summed E-state index contributed by atoms with van der Waals surface area (Å²) in [5.74, 6) is 0.613. The predicted molar refractivity (Wildman–Crippen MR) is 94.7 cm³/mol. The molecular weight excluding hydrogens is 318 g/mol. The molecule has 134 valence electrons. The lowest BCUT2D eigenvalue weighted by molar-refractivity contribution is 0.0945.